The molecule has 0 aromatic heterocycles. The fraction of sp³-hybridized carbons (Fsp3) is 0.179. The summed E-state index contributed by atoms with van der Waals surface area (Å²) in [4.78, 5) is 54.1. The molecule has 3 amide bonds. The van der Waals surface area contributed by atoms with Gasteiger partial charge in [-0.15, -0.1) is 0 Å². The maximum absolute atomic E-state index is 13.8. The van der Waals surface area contributed by atoms with Crippen LogP contribution >= 0.6 is 0 Å². The first kappa shape index (κ1) is 21.9. The third-order valence-corrected chi connectivity index (χ3v) is 7.14. The van der Waals surface area contributed by atoms with Crippen LogP contribution in [0, 0.1) is 11.8 Å². The minimum Gasteiger partial charge on any atom is -0.324 e. The van der Waals surface area contributed by atoms with E-state index in [1.54, 1.807) is 47.6 Å². The molecule has 0 radical (unpaired) electrons. The Kier molecular flexibility index (Phi) is 5.03. The Morgan fingerprint density at radius 1 is 0.833 bits per heavy atom. The first-order chi connectivity index (χ1) is 17.5. The minimum absolute atomic E-state index is 0.109. The highest BCUT2D eigenvalue weighted by atomic mass is 16.2. The van der Waals surface area contributed by atoms with Crippen molar-refractivity contribution >= 4 is 41.1 Å². The van der Waals surface area contributed by atoms with Crippen molar-refractivity contribution in [2.24, 2.45) is 16.9 Å². The number of rotatable bonds is 4. The van der Waals surface area contributed by atoms with Crippen LogP contribution < -0.4 is 10.2 Å². The van der Waals surface area contributed by atoms with Crippen molar-refractivity contribution in [2.75, 3.05) is 10.2 Å². The first-order valence-electron chi connectivity index (χ1n) is 11.7. The average Bonchev–Trinajstić information content (AvgIpc) is 3.37. The van der Waals surface area contributed by atoms with Crippen molar-refractivity contribution in [3.8, 4) is 0 Å². The molecule has 3 heterocycles. The number of nitrogens with zero attached hydrogens (tertiary/aromatic N) is 3. The van der Waals surface area contributed by atoms with Gasteiger partial charge in [0.25, 0.3) is 0 Å². The van der Waals surface area contributed by atoms with Gasteiger partial charge in [0.05, 0.1) is 29.8 Å². The van der Waals surface area contributed by atoms with Gasteiger partial charge in [0.15, 0.2) is 5.78 Å². The highest BCUT2D eigenvalue weighted by Crippen LogP contribution is 2.52. The normalized spacial score (nSPS) is 23.8. The van der Waals surface area contributed by atoms with Gasteiger partial charge in [-0.2, -0.15) is 5.10 Å². The summed E-state index contributed by atoms with van der Waals surface area (Å²) in [6, 6.07) is 21.4. The monoisotopic (exact) mass is 478 g/mol. The number of carbonyl (C=O) groups is 4. The van der Waals surface area contributed by atoms with Crippen LogP contribution in [0.3, 0.4) is 0 Å². The van der Waals surface area contributed by atoms with E-state index in [2.05, 4.69) is 10.4 Å². The average molecular weight is 479 g/mol. The van der Waals surface area contributed by atoms with Crippen LogP contribution in [0.15, 0.2) is 84.0 Å². The zero-order valence-corrected chi connectivity index (χ0v) is 19.4. The second-order valence-electron chi connectivity index (χ2n) is 9.16. The number of para-hydroxylation sites is 1. The summed E-state index contributed by atoms with van der Waals surface area (Å²) >= 11 is 0. The number of carbonyl (C=O) groups excluding carboxylic acids is 4. The van der Waals surface area contributed by atoms with Crippen molar-refractivity contribution in [3.05, 3.63) is 95.6 Å². The van der Waals surface area contributed by atoms with Gasteiger partial charge in [-0.05, 0) is 54.4 Å². The Bertz CT molecular complexity index is 1430. The molecule has 1 N–H and O–H groups in total. The predicted octanol–water partition coefficient (Wildman–Crippen LogP) is 3.41. The molecule has 0 aliphatic carbocycles. The van der Waals surface area contributed by atoms with Gasteiger partial charge in [-0.3, -0.25) is 24.2 Å². The smallest absolute Gasteiger partial charge is 0.249 e. The second kappa shape index (κ2) is 8.27. The van der Waals surface area contributed by atoms with Crippen LogP contribution in [0.25, 0.3) is 0 Å². The number of hydrazone groups is 1. The first-order valence-corrected chi connectivity index (χ1v) is 11.7. The lowest BCUT2D eigenvalue weighted by atomic mass is 9.85. The topological polar surface area (TPSA) is 99.2 Å². The van der Waals surface area contributed by atoms with E-state index in [0.717, 1.165) is 16.0 Å². The third kappa shape index (κ3) is 3.25. The van der Waals surface area contributed by atoms with E-state index in [4.69, 9.17) is 0 Å². The van der Waals surface area contributed by atoms with Gasteiger partial charge in [0.1, 0.15) is 6.04 Å². The van der Waals surface area contributed by atoms with Crippen molar-refractivity contribution in [2.45, 2.75) is 19.0 Å². The largest absolute Gasteiger partial charge is 0.324 e. The summed E-state index contributed by atoms with van der Waals surface area (Å²) in [7, 11) is 0. The van der Waals surface area contributed by atoms with Crippen molar-refractivity contribution in [1.29, 1.82) is 0 Å². The van der Waals surface area contributed by atoms with Crippen LogP contribution in [-0.2, 0) is 14.4 Å². The van der Waals surface area contributed by atoms with E-state index in [0.29, 0.717) is 16.9 Å². The summed E-state index contributed by atoms with van der Waals surface area (Å²) in [6.45, 7) is 1.46. The fourth-order valence-electron chi connectivity index (χ4n) is 5.51. The van der Waals surface area contributed by atoms with Crippen LogP contribution in [0.4, 0.5) is 11.4 Å². The van der Waals surface area contributed by atoms with Crippen LogP contribution in [0.1, 0.15) is 34.5 Å². The molecule has 3 aliphatic rings. The molecule has 2 fully saturated rings. The third-order valence-electron chi connectivity index (χ3n) is 7.14. The molecule has 8 heteroatoms. The van der Waals surface area contributed by atoms with Crippen LogP contribution in [-0.4, -0.2) is 40.8 Å². The summed E-state index contributed by atoms with van der Waals surface area (Å²) in [5, 5.41) is 9.05. The Hall–Kier alpha value is -4.59. The number of benzene rings is 3. The fourth-order valence-corrected chi connectivity index (χ4v) is 5.51. The number of amides is 3. The van der Waals surface area contributed by atoms with Gasteiger partial charge in [0, 0.05) is 11.3 Å². The number of hydrogen-bond donors (Lipinski definition) is 1. The number of Topliss-reactive ketones (excluding diaryl/α,β-unsaturated/α-hetero) is 1. The van der Waals surface area contributed by atoms with E-state index in [9.17, 15) is 19.2 Å². The maximum Gasteiger partial charge on any atom is 0.249 e. The number of nitrogens with one attached hydrogen (secondary N) is 1. The number of ketones is 1. The molecule has 178 valence electrons. The maximum atomic E-state index is 13.8. The molecule has 2 saturated heterocycles. The van der Waals surface area contributed by atoms with Crippen molar-refractivity contribution < 1.29 is 19.2 Å². The quantitative estimate of drug-likeness (QED) is 0.458. The molecule has 0 bridgehead atoms. The number of anilines is 2. The minimum atomic E-state index is -0.970. The Balaban J connectivity index is 1.43. The Labute approximate surface area is 207 Å². The molecule has 36 heavy (non-hydrogen) atoms. The van der Waals surface area contributed by atoms with Gasteiger partial charge >= 0.3 is 0 Å². The SMILES string of the molecule is CC(=O)c1ccc(N2C(=O)C3C(C2=O)C2c4ccccc4C=NN2C3C(=O)Nc2ccccc2)cc1. The van der Waals surface area contributed by atoms with Crippen LogP contribution in [0.2, 0.25) is 0 Å². The number of imide groups is 1. The van der Waals surface area contributed by atoms with Gasteiger partial charge in [0.2, 0.25) is 17.7 Å². The molecule has 3 aromatic carbocycles. The van der Waals surface area contributed by atoms with Crippen molar-refractivity contribution in [3.63, 3.8) is 0 Å². The number of fused-ring (bicyclic) bond motifs is 5. The van der Waals surface area contributed by atoms with Gasteiger partial charge < -0.3 is 5.32 Å². The van der Waals surface area contributed by atoms with Gasteiger partial charge in [-0.25, -0.2) is 4.90 Å². The van der Waals surface area contributed by atoms with E-state index >= 15 is 0 Å². The molecule has 4 unspecified atom stereocenters. The molecule has 3 aliphatic heterocycles. The molecule has 0 spiro atoms. The zero-order valence-electron chi connectivity index (χ0n) is 19.4. The van der Waals surface area contributed by atoms with Crippen LogP contribution in [0.5, 0.6) is 0 Å². The van der Waals surface area contributed by atoms with E-state index in [1.165, 1.54) is 6.92 Å². The molecule has 6 rings (SSSR count). The lowest BCUT2D eigenvalue weighted by Crippen LogP contribution is -2.46. The molecule has 3 aromatic rings. The molecular formula is C28H22N4O4. The van der Waals surface area contributed by atoms with Gasteiger partial charge in [-0.1, -0.05) is 42.5 Å². The lowest BCUT2D eigenvalue weighted by molar-refractivity contribution is -0.129. The summed E-state index contributed by atoms with van der Waals surface area (Å²) in [5.74, 6) is -3.03. The Morgan fingerprint density at radius 3 is 2.22 bits per heavy atom. The summed E-state index contributed by atoms with van der Waals surface area (Å²) in [6.07, 6.45) is 1.67. The summed E-state index contributed by atoms with van der Waals surface area (Å²) < 4.78 is 0. The number of hydrogen-bond acceptors (Lipinski definition) is 6. The molecule has 4 atom stereocenters. The lowest BCUT2D eigenvalue weighted by Gasteiger charge is -2.33. The zero-order chi connectivity index (χ0) is 25.0. The standard InChI is InChI=1S/C28H22N4O4/c1-16(33)17-11-13-20(14-12-17)31-27(35)22-23(28(31)36)25(26(34)30-19-8-3-2-4-9-19)32-24(22)21-10-6-5-7-18(21)15-29-32/h2-15,22-25H,1H3,(H,30,34). The van der Waals surface area contributed by atoms with E-state index < -0.39 is 35.7 Å². The van der Waals surface area contributed by atoms with Crippen molar-refractivity contribution in [1.82, 2.24) is 5.01 Å². The molecule has 0 saturated carbocycles. The van der Waals surface area contributed by atoms with E-state index in [1.807, 2.05) is 42.5 Å². The predicted molar refractivity (Wildman–Crippen MR) is 133 cm³/mol. The second-order valence-corrected chi connectivity index (χ2v) is 9.16. The molecule has 8 nitrogen and oxygen atoms in total. The highest BCUT2D eigenvalue weighted by Gasteiger charge is 2.65. The summed E-state index contributed by atoms with van der Waals surface area (Å²) in [5.41, 5.74) is 3.17. The van der Waals surface area contributed by atoms with E-state index in [-0.39, 0.29) is 11.7 Å². The Morgan fingerprint density at radius 2 is 1.50 bits per heavy atom. The highest BCUT2D eigenvalue weighted by molar-refractivity contribution is 6.24. The molecular weight excluding hydrogens is 456 g/mol.